The molecule has 0 unspecified atom stereocenters. The molecule has 0 fully saturated rings. The highest BCUT2D eigenvalue weighted by Gasteiger charge is 2.20. The van der Waals surface area contributed by atoms with Gasteiger partial charge in [0, 0.05) is 51.3 Å². The van der Waals surface area contributed by atoms with Crippen molar-refractivity contribution < 1.29 is 14.3 Å². The van der Waals surface area contributed by atoms with E-state index in [1.807, 2.05) is 59.6 Å². The minimum Gasteiger partial charge on any atom is -0.497 e. The Bertz CT molecular complexity index is 941. The van der Waals surface area contributed by atoms with Gasteiger partial charge in [0.1, 0.15) is 11.6 Å². The average molecular weight is 400 g/mol. The Balaban J connectivity index is 1.98. The lowest BCUT2D eigenvalue weighted by molar-refractivity contribution is 0.0685. The van der Waals surface area contributed by atoms with Crippen LogP contribution in [-0.2, 0) is 11.3 Å². The number of anilines is 1. The molecule has 2 heterocycles. The second-order valence-corrected chi connectivity index (χ2v) is 7.57. The van der Waals surface area contributed by atoms with Gasteiger partial charge >= 0.3 is 0 Å². The molecule has 3 aromatic rings. The highest BCUT2D eigenvalue weighted by atomic mass is 32.1. The number of carbonyl (C=O) groups excluding carboxylic acids is 1. The minimum atomic E-state index is 0.00610. The number of methoxy groups -OCH3 is 2. The first-order valence-corrected chi connectivity index (χ1v) is 9.88. The highest BCUT2D eigenvalue weighted by Crippen LogP contribution is 2.27. The molecule has 0 atom stereocenters. The summed E-state index contributed by atoms with van der Waals surface area (Å²) in [5.74, 6) is 1.61. The van der Waals surface area contributed by atoms with Crippen molar-refractivity contribution in [1.82, 2.24) is 9.88 Å². The summed E-state index contributed by atoms with van der Waals surface area (Å²) >= 11 is 1.45. The van der Waals surface area contributed by atoms with Crippen LogP contribution in [0.2, 0.25) is 0 Å². The van der Waals surface area contributed by atoms with Crippen molar-refractivity contribution in [2.24, 2.45) is 0 Å². The zero-order valence-corrected chi connectivity index (χ0v) is 17.5. The summed E-state index contributed by atoms with van der Waals surface area (Å²) in [5.41, 5.74) is 1.85. The van der Waals surface area contributed by atoms with Crippen molar-refractivity contribution in [2.45, 2.75) is 6.54 Å². The molecule has 0 bridgehead atoms. The van der Waals surface area contributed by atoms with Crippen LogP contribution in [0.4, 0.5) is 5.82 Å². The molecule has 2 aromatic heterocycles. The van der Waals surface area contributed by atoms with Gasteiger partial charge in [-0.25, -0.2) is 4.98 Å². The Labute approximate surface area is 169 Å². The van der Waals surface area contributed by atoms with Crippen LogP contribution < -0.4 is 9.64 Å². The standard InChI is InChI=1S/C21H25N3O3S/c1-23(2)20-16(12-15-7-8-17(27-4)13-18(15)22-20)14-24(9-10-26-3)21(25)19-6-5-11-28-19/h5-8,11-13H,9-10,14H2,1-4H3. The van der Waals surface area contributed by atoms with Crippen LogP contribution in [-0.4, -0.2) is 57.3 Å². The van der Waals surface area contributed by atoms with Gasteiger partial charge in [-0.15, -0.1) is 11.3 Å². The van der Waals surface area contributed by atoms with Gasteiger partial charge in [0.25, 0.3) is 5.91 Å². The van der Waals surface area contributed by atoms with Gasteiger partial charge in [-0.3, -0.25) is 4.79 Å². The molecule has 0 aliphatic carbocycles. The summed E-state index contributed by atoms with van der Waals surface area (Å²) in [6, 6.07) is 11.7. The van der Waals surface area contributed by atoms with Gasteiger partial charge in [0.2, 0.25) is 0 Å². The van der Waals surface area contributed by atoms with Crippen LogP contribution in [0.25, 0.3) is 10.9 Å². The molecule has 28 heavy (non-hydrogen) atoms. The molecule has 0 aliphatic heterocycles. The summed E-state index contributed by atoms with van der Waals surface area (Å²) in [6.07, 6.45) is 0. The number of fused-ring (bicyclic) bond motifs is 1. The lowest BCUT2D eigenvalue weighted by atomic mass is 10.1. The van der Waals surface area contributed by atoms with Crippen LogP contribution in [0, 0.1) is 0 Å². The third-order valence-electron chi connectivity index (χ3n) is 4.45. The minimum absolute atomic E-state index is 0.00610. The zero-order chi connectivity index (χ0) is 20.1. The maximum Gasteiger partial charge on any atom is 0.264 e. The Kier molecular flexibility index (Phi) is 6.49. The number of carbonyl (C=O) groups is 1. The second kappa shape index (κ2) is 9.03. The van der Waals surface area contributed by atoms with Crippen LogP contribution in [0.15, 0.2) is 41.8 Å². The fraction of sp³-hybridized carbons (Fsp3) is 0.333. The maximum absolute atomic E-state index is 13.0. The largest absolute Gasteiger partial charge is 0.497 e. The van der Waals surface area contributed by atoms with Crippen molar-refractivity contribution in [3.63, 3.8) is 0 Å². The Morgan fingerprint density at radius 3 is 2.64 bits per heavy atom. The van der Waals surface area contributed by atoms with Crippen molar-refractivity contribution >= 4 is 34.0 Å². The highest BCUT2D eigenvalue weighted by molar-refractivity contribution is 7.12. The van der Waals surface area contributed by atoms with Gasteiger partial charge < -0.3 is 19.3 Å². The SMILES string of the molecule is COCCN(Cc1cc2ccc(OC)cc2nc1N(C)C)C(=O)c1cccs1. The maximum atomic E-state index is 13.0. The molecule has 148 valence electrons. The predicted octanol–water partition coefficient (Wildman–Crippen LogP) is 3.66. The number of nitrogens with zero attached hydrogens (tertiary/aromatic N) is 3. The molecule has 3 rings (SSSR count). The van der Waals surface area contributed by atoms with E-state index in [1.54, 1.807) is 14.2 Å². The third kappa shape index (κ3) is 4.43. The summed E-state index contributed by atoms with van der Waals surface area (Å²) in [7, 11) is 7.20. The molecule has 0 aliphatic rings. The Morgan fingerprint density at radius 1 is 1.18 bits per heavy atom. The topological polar surface area (TPSA) is 54.9 Å². The van der Waals surface area contributed by atoms with E-state index in [2.05, 4.69) is 6.07 Å². The number of hydrogen-bond acceptors (Lipinski definition) is 6. The number of amides is 1. The van der Waals surface area contributed by atoms with E-state index in [0.717, 1.165) is 32.9 Å². The molecule has 0 N–H and O–H groups in total. The Morgan fingerprint density at radius 2 is 2.00 bits per heavy atom. The number of rotatable bonds is 8. The van der Waals surface area contributed by atoms with Crippen molar-refractivity contribution in [2.75, 3.05) is 46.4 Å². The lowest BCUT2D eigenvalue weighted by Crippen LogP contribution is -2.33. The summed E-state index contributed by atoms with van der Waals surface area (Å²) in [6.45, 7) is 1.45. The molecule has 0 radical (unpaired) electrons. The van der Waals surface area contributed by atoms with E-state index in [4.69, 9.17) is 14.5 Å². The first kappa shape index (κ1) is 20.1. The molecule has 0 saturated heterocycles. The molecule has 1 amide bonds. The summed E-state index contributed by atoms with van der Waals surface area (Å²) < 4.78 is 10.5. The fourth-order valence-electron chi connectivity index (χ4n) is 3.03. The smallest absolute Gasteiger partial charge is 0.264 e. The first-order valence-electron chi connectivity index (χ1n) is 9.00. The van der Waals surface area contributed by atoms with Crippen LogP contribution in [0.5, 0.6) is 5.75 Å². The van der Waals surface area contributed by atoms with Crippen LogP contribution in [0.3, 0.4) is 0 Å². The number of ether oxygens (including phenoxy) is 2. The van der Waals surface area contributed by atoms with Gasteiger partial charge in [0.05, 0.1) is 24.1 Å². The lowest BCUT2D eigenvalue weighted by Gasteiger charge is -2.25. The summed E-state index contributed by atoms with van der Waals surface area (Å²) in [4.78, 5) is 22.3. The number of thiophene rings is 1. The zero-order valence-electron chi connectivity index (χ0n) is 16.6. The third-order valence-corrected chi connectivity index (χ3v) is 5.31. The van der Waals surface area contributed by atoms with Gasteiger partial charge in [-0.05, 0) is 29.6 Å². The molecule has 7 heteroatoms. The molecular weight excluding hydrogens is 374 g/mol. The number of hydrogen-bond donors (Lipinski definition) is 0. The number of pyridine rings is 1. The normalized spacial score (nSPS) is 10.9. The summed E-state index contributed by atoms with van der Waals surface area (Å²) in [5, 5.41) is 2.93. The van der Waals surface area contributed by atoms with Gasteiger partial charge in [0.15, 0.2) is 0 Å². The van der Waals surface area contributed by atoms with Crippen molar-refractivity contribution in [3.05, 3.63) is 52.2 Å². The number of benzene rings is 1. The predicted molar refractivity (Wildman–Crippen MR) is 114 cm³/mol. The average Bonchev–Trinajstić information content (AvgIpc) is 3.24. The van der Waals surface area contributed by atoms with Gasteiger partial charge in [-0.1, -0.05) is 6.07 Å². The van der Waals surface area contributed by atoms with E-state index in [-0.39, 0.29) is 5.91 Å². The fourth-order valence-corrected chi connectivity index (χ4v) is 3.72. The van der Waals surface area contributed by atoms with Crippen molar-refractivity contribution in [3.8, 4) is 5.75 Å². The van der Waals surface area contributed by atoms with Gasteiger partial charge in [-0.2, -0.15) is 0 Å². The second-order valence-electron chi connectivity index (χ2n) is 6.62. The van der Waals surface area contributed by atoms with Crippen LogP contribution in [0.1, 0.15) is 15.2 Å². The van der Waals surface area contributed by atoms with E-state index in [1.165, 1.54) is 11.3 Å². The number of aromatic nitrogens is 1. The molecule has 0 saturated carbocycles. The quantitative estimate of drug-likeness (QED) is 0.579. The van der Waals surface area contributed by atoms with E-state index < -0.39 is 0 Å². The van der Waals surface area contributed by atoms with E-state index in [0.29, 0.717) is 19.7 Å². The Hall–Kier alpha value is -2.64. The molecule has 1 aromatic carbocycles. The van der Waals surface area contributed by atoms with Crippen LogP contribution >= 0.6 is 11.3 Å². The first-order chi connectivity index (χ1) is 13.5. The molecular formula is C21H25N3O3S. The monoisotopic (exact) mass is 399 g/mol. The molecule has 0 spiro atoms. The van der Waals surface area contributed by atoms with E-state index in [9.17, 15) is 4.79 Å². The van der Waals surface area contributed by atoms with E-state index >= 15 is 0 Å². The molecule has 6 nitrogen and oxygen atoms in total. The van der Waals surface area contributed by atoms with Crippen molar-refractivity contribution in [1.29, 1.82) is 0 Å².